The molecule has 0 N–H and O–H groups in total. The fraction of sp³-hybridized carbons (Fsp3) is 0.290. The molecule has 0 radical (unpaired) electrons. The number of rotatable bonds is 8. The van der Waals surface area contributed by atoms with Crippen LogP contribution in [0.15, 0.2) is 199 Å². The zero-order chi connectivity index (χ0) is 52.7. The minimum absolute atomic E-state index is 0.352. The van der Waals surface area contributed by atoms with Crippen molar-refractivity contribution in [3.05, 3.63) is 199 Å². The smallest absolute Gasteiger partial charge is 0.405 e. The zero-order valence-electron chi connectivity index (χ0n) is 44.9. The summed E-state index contributed by atoms with van der Waals surface area (Å²) in [7, 11) is -1.32. The number of halogens is 1. The SMILES string of the molecule is Brc1ccc(N(c2ccccc2)c2cccc3ccccc23)cc1.CC1(C)OB(B2OC(C)(C)C(C)(C)O2)OC1(C)C.CC1(C)OB(c2ccc(N(c3ccccc3)c3cccc4ccccc34)cc2)OC1(C)C. The van der Waals surface area contributed by atoms with Crippen molar-refractivity contribution in [1.29, 1.82) is 0 Å². The molecule has 0 amide bonds. The van der Waals surface area contributed by atoms with Crippen LogP contribution in [0.25, 0.3) is 21.5 Å². The van der Waals surface area contributed by atoms with E-state index in [0.29, 0.717) is 0 Å². The lowest BCUT2D eigenvalue weighted by atomic mass is 9.49. The van der Waals surface area contributed by atoms with Crippen LogP contribution in [0.3, 0.4) is 0 Å². The van der Waals surface area contributed by atoms with Gasteiger partial charge < -0.3 is 37.7 Å². The van der Waals surface area contributed by atoms with Gasteiger partial charge in [-0.3, -0.25) is 0 Å². The number of anilines is 6. The van der Waals surface area contributed by atoms with Crippen LogP contribution in [0, 0.1) is 0 Å². The third-order valence-corrected chi connectivity index (χ3v) is 16.1. The summed E-state index contributed by atoms with van der Waals surface area (Å²) >= 11 is 3.53. The number of hydrogen-bond donors (Lipinski definition) is 0. The molecule has 0 atom stereocenters. The van der Waals surface area contributed by atoms with Gasteiger partial charge in [0.1, 0.15) is 0 Å². The monoisotopic (exact) mass is 1050 g/mol. The van der Waals surface area contributed by atoms with Crippen molar-refractivity contribution in [3.63, 3.8) is 0 Å². The first-order chi connectivity index (χ1) is 35.1. The van der Waals surface area contributed by atoms with Gasteiger partial charge in [-0.1, -0.05) is 137 Å². The molecule has 8 aromatic carbocycles. The maximum atomic E-state index is 6.24. The number of nitrogens with zero attached hydrogens (tertiary/aromatic N) is 2. The molecule has 8 aromatic rings. The topological polar surface area (TPSA) is 61.9 Å². The number of hydrogen-bond acceptors (Lipinski definition) is 8. The van der Waals surface area contributed by atoms with E-state index >= 15 is 0 Å². The van der Waals surface area contributed by atoms with Gasteiger partial charge in [0.2, 0.25) is 0 Å². The van der Waals surface area contributed by atoms with Gasteiger partial charge in [-0.05, 0) is 172 Å². The van der Waals surface area contributed by atoms with Crippen LogP contribution in [0.1, 0.15) is 83.1 Å². The third-order valence-electron chi connectivity index (χ3n) is 15.6. The van der Waals surface area contributed by atoms with E-state index in [1.165, 1.54) is 27.2 Å². The predicted octanol–water partition coefficient (Wildman–Crippen LogP) is 15.9. The third kappa shape index (κ3) is 10.9. The summed E-state index contributed by atoms with van der Waals surface area (Å²) in [4.78, 5) is 4.60. The normalized spacial score (nSPS) is 18.6. The summed E-state index contributed by atoms with van der Waals surface area (Å²) in [6, 6.07) is 67.8. The van der Waals surface area contributed by atoms with Gasteiger partial charge in [-0.25, -0.2) is 0 Å². The molecular formula is C62H68B3BrN2O6. The van der Waals surface area contributed by atoms with Crippen LogP contribution in [-0.2, 0) is 27.9 Å². The molecular weight excluding hydrogens is 981 g/mol. The Bertz CT molecular complexity index is 3100. The quantitative estimate of drug-likeness (QED) is 0.140. The second-order valence-electron chi connectivity index (χ2n) is 22.2. The molecule has 3 aliphatic rings. The van der Waals surface area contributed by atoms with Gasteiger partial charge in [0.05, 0.1) is 45.0 Å². The Labute approximate surface area is 448 Å². The minimum Gasteiger partial charge on any atom is -0.405 e. The Morgan fingerprint density at radius 1 is 0.311 bits per heavy atom. The van der Waals surface area contributed by atoms with Crippen LogP contribution in [-0.4, -0.2) is 54.7 Å². The van der Waals surface area contributed by atoms with Crippen LogP contribution in [0.4, 0.5) is 34.1 Å². The summed E-state index contributed by atoms with van der Waals surface area (Å²) in [5, 5.41) is 4.92. The molecule has 3 saturated heterocycles. The fourth-order valence-corrected chi connectivity index (χ4v) is 9.43. The van der Waals surface area contributed by atoms with Gasteiger partial charge in [0.15, 0.2) is 0 Å². The molecule has 12 heteroatoms. The predicted molar refractivity (Wildman–Crippen MR) is 313 cm³/mol. The Morgan fingerprint density at radius 2 is 0.608 bits per heavy atom. The van der Waals surface area contributed by atoms with Crippen molar-refractivity contribution in [2.24, 2.45) is 0 Å². The highest BCUT2D eigenvalue weighted by Crippen LogP contribution is 2.44. The van der Waals surface area contributed by atoms with E-state index < -0.39 is 14.0 Å². The van der Waals surface area contributed by atoms with Crippen LogP contribution < -0.4 is 15.3 Å². The molecule has 0 spiro atoms. The summed E-state index contributed by atoms with van der Waals surface area (Å²) in [5.41, 5.74) is 5.71. The van der Waals surface area contributed by atoms with Crippen molar-refractivity contribution in [2.75, 3.05) is 9.80 Å². The lowest BCUT2D eigenvalue weighted by Crippen LogP contribution is -2.41. The first kappa shape index (κ1) is 53.2. The number of fused-ring (bicyclic) bond motifs is 2. The minimum atomic E-state index is -0.476. The lowest BCUT2D eigenvalue weighted by molar-refractivity contribution is 0.00578. The summed E-state index contributed by atoms with van der Waals surface area (Å²) in [5.74, 6) is 0. The Morgan fingerprint density at radius 3 is 0.986 bits per heavy atom. The average molecular weight is 1050 g/mol. The van der Waals surface area contributed by atoms with Crippen LogP contribution >= 0.6 is 15.9 Å². The van der Waals surface area contributed by atoms with Gasteiger partial charge in [0, 0.05) is 38.0 Å². The Hall–Kier alpha value is -5.69. The molecule has 11 rings (SSSR count). The van der Waals surface area contributed by atoms with Gasteiger partial charge in [0.25, 0.3) is 0 Å². The first-order valence-electron chi connectivity index (χ1n) is 25.6. The summed E-state index contributed by atoms with van der Waals surface area (Å²) in [6.45, 7) is 24.5. The molecule has 3 heterocycles. The maximum absolute atomic E-state index is 6.24. The van der Waals surface area contributed by atoms with Crippen molar-refractivity contribution in [1.82, 2.24) is 0 Å². The van der Waals surface area contributed by atoms with E-state index in [0.717, 1.165) is 38.4 Å². The second-order valence-corrected chi connectivity index (χ2v) is 23.2. The molecule has 0 aliphatic carbocycles. The van der Waals surface area contributed by atoms with Crippen LogP contribution in [0.2, 0.25) is 0 Å². The van der Waals surface area contributed by atoms with E-state index in [9.17, 15) is 0 Å². The molecule has 8 nitrogen and oxygen atoms in total. The molecule has 0 bridgehead atoms. The van der Waals surface area contributed by atoms with Crippen molar-refractivity contribution < 1.29 is 27.9 Å². The Balaban J connectivity index is 0.000000142. The lowest BCUT2D eigenvalue weighted by Gasteiger charge is -2.32. The highest BCUT2D eigenvalue weighted by molar-refractivity contribution is 9.10. The van der Waals surface area contributed by atoms with E-state index in [-0.39, 0.29) is 40.7 Å². The highest BCUT2D eigenvalue weighted by Gasteiger charge is 2.63. The maximum Gasteiger partial charge on any atom is 0.494 e. The molecule has 3 fully saturated rings. The highest BCUT2D eigenvalue weighted by atomic mass is 79.9. The van der Waals surface area contributed by atoms with Gasteiger partial charge >= 0.3 is 21.1 Å². The molecule has 378 valence electrons. The zero-order valence-corrected chi connectivity index (χ0v) is 46.5. The molecule has 0 unspecified atom stereocenters. The molecule has 74 heavy (non-hydrogen) atoms. The molecule has 0 aromatic heterocycles. The number of benzene rings is 8. The van der Waals surface area contributed by atoms with E-state index in [2.05, 4.69) is 235 Å². The van der Waals surface area contributed by atoms with E-state index in [4.69, 9.17) is 27.9 Å². The average Bonchev–Trinajstić information content (AvgIpc) is 3.85. The van der Waals surface area contributed by atoms with E-state index in [1.54, 1.807) is 0 Å². The van der Waals surface area contributed by atoms with Crippen molar-refractivity contribution in [2.45, 2.75) is 117 Å². The summed E-state index contributed by atoms with van der Waals surface area (Å²) < 4.78 is 37.4. The fourth-order valence-electron chi connectivity index (χ4n) is 9.16. The molecule has 3 aliphatic heterocycles. The standard InChI is InChI=1S/C28H28BNO2.C22H16BrN.C12H24B2O4/c1-27(2)28(3,4)32-29(31-27)22-17-19-24(20-18-22)30(23-13-6-5-7-14-23)26-16-10-12-21-11-8-9-15-25(21)26;23-18-13-15-20(16-14-18)24(19-9-2-1-3-10-19)22-12-6-8-17-7-4-5-11-21(17)22;1-9(2)10(3,4)16-13(15-9)14-17-11(5,6)12(7,8)18-14/h5-20H,1-4H3;1-16H;1-8H3. The second kappa shape index (κ2) is 20.8. The van der Waals surface area contributed by atoms with Crippen molar-refractivity contribution in [3.8, 4) is 0 Å². The molecule has 0 saturated carbocycles. The number of para-hydroxylation sites is 2. The van der Waals surface area contributed by atoms with Crippen LogP contribution in [0.5, 0.6) is 0 Å². The first-order valence-corrected chi connectivity index (χ1v) is 26.4. The largest absolute Gasteiger partial charge is 0.494 e. The van der Waals surface area contributed by atoms with Gasteiger partial charge in [-0.15, -0.1) is 0 Å². The van der Waals surface area contributed by atoms with E-state index in [1.807, 2.05) is 67.5 Å². The van der Waals surface area contributed by atoms with Crippen molar-refractivity contribution >= 4 is 98.2 Å². The Kier molecular flexibility index (Phi) is 14.9. The summed E-state index contributed by atoms with van der Waals surface area (Å²) in [6.07, 6.45) is 0. The van der Waals surface area contributed by atoms with Gasteiger partial charge in [-0.2, -0.15) is 0 Å².